The summed E-state index contributed by atoms with van der Waals surface area (Å²) in [5.74, 6) is 1.01. The van der Waals surface area contributed by atoms with Gasteiger partial charge in [-0.1, -0.05) is 0 Å². The van der Waals surface area contributed by atoms with Gasteiger partial charge >= 0.3 is 0 Å². The maximum atomic E-state index is 4.47. The first-order chi connectivity index (χ1) is 7.86. The van der Waals surface area contributed by atoms with E-state index in [0.29, 0.717) is 0 Å². The number of hydrogen-bond acceptors (Lipinski definition) is 3. The first kappa shape index (κ1) is 10.1. The van der Waals surface area contributed by atoms with Crippen LogP contribution in [0, 0.1) is 0 Å². The minimum Gasteiger partial charge on any atom is -0.354 e. The topological polar surface area (TPSA) is 33.4 Å². The predicted octanol–water partition coefficient (Wildman–Crippen LogP) is 2.48. The van der Waals surface area contributed by atoms with Crippen LogP contribution in [0.1, 0.15) is 19.3 Å². The van der Waals surface area contributed by atoms with Crippen molar-refractivity contribution in [3.63, 3.8) is 0 Å². The monoisotopic (exact) mass is 280 g/mol. The lowest BCUT2D eigenvalue weighted by molar-refractivity contribution is 0.573. The third-order valence-corrected chi connectivity index (χ3v) is 3.61. The Kier molecular flexibility index (Phi) is 2.55. The van der Waals surface area contributed by atoms with E-state index in [-0.39, 0.29) is 0 Å². The zero-order valence-electron chi connectivity index (χ0n) is 8.93. The van der Waals surface area contributed by atoms with E-state index in [4.69, 9.17) is 0 Å². The largest absolute Gasteiger partial charge is 0.354 e. The third kappa shape index (κ3) is 1.59. The molecule has 2 aromatic heterocycles. The fraction of sp³-hybridized carbons (Fsp3) is 0.455. The van der Waals surface area contributed by atoms with E-state index in [1.807, 2.05) is 23.0 Å². The summed E-state index contributed by atoms with van der Waals surface area (Å²) in [6.07, 6.45) is 9.43. The minimum absolute atomic E-state index is 0.941. The molecule has 2 aromatic rings. The van der Waals surface area contributed by atoms with Crippen LogP contribution in [0.3, 0.4) is 0 Å². The molecule has 1 aliphatic heterocycles. The molecule has 0 unspecified atom stereocenters. The number of halogens is 1. The Balaban J connectivity index is 2.08. The van der Waals surface area contributed by atoms with E-state index in [1.165, 1.54) is 19.3 Å². The molecule has 84 valence electrons. The van der Waals surface area contributed by atoms with Gasteiger partial charge in [-0.15, -0.1) is 0 Å². The van der Waals surface area contributed by atoms with Gasteiger partial charge in [0.15, 0.2) is 11.5 Å². The molecule has 0 bridgehead atoms. The number of anilines is 1. The molecular weight excluding hydrogens is 268 g/mol. The van der Waals surface area contributed by atoms with Crippen LogP contribution in [0.2, 0.25) is 0 Å². The van der Waals surface area contributed by atoms with Crippen molar-refractivity contribution in [3.8, 4) is 0 Å². The number of fused-ring (bicyclic) bond motifs is 1. The Bertz CT molecular complexity index is 502. The molecule has 3 rings (SSSR count). The van der Waals surface area contributed by atoms with Crippen molar-refractivity contribution >= 4 is 27.4 Å². The first-order valence-electron chi connectivity index (χ1n) is 5.59. The number of imidazole rings is 1. The van der Waals surface area contributed by atoms with Crippen LogP contribution in [0.4, 0.5) is 5.82 Å². The Hall–Kier alpha value is -1.10. The summed E-state index contributed by atoms with van der Waals surface area (Å²) in [7, 11) is 0. The van der Waals surface area contributed by atoms with Crippen molar-refractivity contribution in [2.75, 3.05) is 18.0 Å². The molecule has 0 aliphatic carbocycles. The van der Waals surface area contributed by atoms with E-state index >= 15 is 0 Å². The normalized spacial score (nSPS) is 16.9. The molecule has 0 aromatic carbocycles. The Morgan fingerprint density at radius 3 is 2.75 bits per heavy atom. The van der Waals surface area contributed by atoms with Gasteiger partial charge < -0.3 is 4.90 Å². The molecule has 0 amide bonds. The first-order valence-corrected chi connectivity index (χ1v) is 6.38. The highest BCUT2D eigenvalue weighted by Gasteiger charge is 2.16. The number of hydrogen-bond donors (Lipinski definition) is 0. The van der Waals surface area contributed by atoms with E-state index < -0.39 is 0 Å². The van der Waals surface area contributed by atoms with E-state index in [1.54, 1.807) is 0 Å². The average Bonchev–Trinajstić information content (AvgIpc) is 2.73. The van der Waals surface area contributed by atoms with Gasteiger partial charge in [-0.25, -0.2) is 9.97 Å². The molecule has 16 heavy (non-hydrogen) atoms. The van der Waals surface area contributed by atoms with Gasteiger partial charge in [0.25, 0.3) is 0 Å². The number of aromatic nitrogens is 3. The van der Waals surface area contributed by atoms with Crippen molar-refractivity contribution in [2.45, 2.75) is 19.3 Å². The zero-order chi connectivity index (χ0) is 11.0. The molecule has 0 spiro atoms. The molecule has 5 heteroatoms. The van der Waals surface area contributed by atoms with Gasteiger partial charge in [-0.2, -0.15) is 0 Å². The number of nitrogens with zero attached hydrogens (tertiary/aromatic N) is 4. The lowest BCUT2D eigenvalue weighted by Gasteiger charge is -2.27. The summed E-state index contributed by atoms with van der Waals surface area (Å²) in [6, 6.07) is 0. The second kappa shape index (κ2) is 4.05. The summed E-state index contributed by atoms with van der Waals surface area (Å²) in [5.41, 5.74) is 0.941. The van der Waals surface area contributed by atoms with Crippen molar-refractivity contribution in [1.82, 2.24) is 14.4 Å². The number of piperidine rings is 1. The van der Waals surface area contributed by atoms with Gasteiger partial charge in [0, 0.05) is 25.5 Å². The molecule has 0 saturated carbocycles. The maximum absolute atomic E-state index is 4.47. The Morgan fingerprint density at radius 1 is 1.12 bits per heavy atom. The maximum Gasteiger partial charge on any atom is 0.181 e. The second-order valence-corrected chi connectivity index (χ2v) is 4.89. The van der Waals surface area contributed by atoms with E-state index in [2.05, 4.69) is 30.8 Å². The molecular formula is C11H13BrN4. The van der Waals surface area contributed by atoms with Crippen LogP contribution in [0.25, 0.3) is 5.65 Å². The molecule has 0 atom stereocenters. The van der Waals surface area contributed by atoms with Crippen molar-refractivity contribution in [3.05, 3.63) is 23.2 Å². The summed E-state index contributed by atoms with van der Waals surface area (Å²) in [6.45, 7) is 2.19. The second-order valence-electron chi connectivity index (χ2n) is 4.07. The lowest BCUT2D eigenvalue weighted by atomic mass is 10.1. The van der Waals surface area contributed by atoms with Crippen LogP contribution in [0.5, 0.6) is 0 Å². The molecule has 3 heterocycles. The average molecular weight is 281 g/mol. The fourth-order valence-corrected chi connectivity index (χ4v) is 2.59. The highest BCUT2D eigenvalue weighted by Crippen LogP contribution is 2.23. The highest BCUT2D eigenvalue weighted by molar-refractivity contribution is 9.10. The van der Waals surface area contributed by atoms with Crippen LogP contribution in [-0.4, -0.2) is 27.5 Å². The van der Waals surface area contributed by atoms with Crippen LogP contribution in [0.15, 0.2) is 23.2 Å². The summed E-state index contributed by atoms with van der Waals surface area (Å²) in [4.78, 5) is 11.2. The van der Waals surface area contributed by atoms with Gasteiger partial charge in [0.1, 0.15) is 4.60 Å². The summed E-state index contributed by atoms with van der Waals surface area (Å²) >= 11 is 3.48. The molecule has 1 saturated heterocycles. The molecule has 0 radical (unpaired) electrons. The van der Waals surface area contributed by atoms with Crippen molar-refractivity contribution in [1.29, 1.82) is 0 Å². The lowest BCUT2D eigenvalue weighted by Crippen LogP contribution is -2.30. The smallest absolute Gasteiger partial charge is 0.181 e. The summed E-state index contributed by atoms with van der Waals surface area (Å²) in [5, 5.41) is 0. The quantitative estimate of drug-likeness (QED) is 0.805. The van der Waals surface area contributed by atoms with Crippen LogP contribution >= 0.6 is 15.9 Å². The fourth-order valence-electron chi connectivity index (χ4n) is 2.20. The highest BCUT2D eigenvalue weighted by atomic mass is 79.9. The molecule has 0 N–H and O–H groups in total. The molecule has 1 fully saturated rings. The Labute approximate surface area is 102 Å². The SMILES string of the molecule is Brc1cnc2c(N3CCCCC3)nccn12. The van der Waals surface area contributed by atoms with Gasteiger partial charge in [-0.05, 0) is 35.2 Å². The van der Waals surface area contributed by atoms with E-state index in [0.717, 1.165) is 29.2 Å². The van der Waals surface area contributed by atoms with Gasteiger partial charge in [-0.3, -0.25) is 4.40 Å². The van der Waals surface area contributed by atoms with E-state index in [9.17, 15) is 0 Å². The Morgan fingerprint density at radius 2 is 1.94 bits per heavy atom. The standard InChI is InChI=1S/C11H13BrN4/c12-9-8-14-11-10(13-4-7-16(9)11)15-5-2-1-3-6-15/h4,7-8H,1-3,5-6H2. The van der Waals surface area contributed by atoms with Crippen molar-refractivity contribution in [2.24, 2.45) is 0 Å². The molecule has 4 nitrogen and oxygen atoms in total. The van der Waals surface area contributed by atoms with Gasteiger partial charge in [0.05, 0.1) is 6.20 Å². The van der Waals surface area contributed by atoms with Crippen molar-refractivity contribution < 1.29 is 0 Å². The van der Waals surface area contributed by atoms with Crippen LogP contribution < -0.4 is 4.90 Å². The number of rotatable bonds is 1. The minimum atomic E-state index is 0.941. The molecule has 1 aliphatic rings. The van der Waals surface area contributed by atoms with Gasteiger partial charge in [0.2, 0.25) is 0 Å². The zero-order valence-corrected chi connectivity index (χ0v) is 10.5. The predicted molar refractivity (Wildman–Crippen MR) is 66.8 cm³/mol. The third-order valence-electron chi connectivity index (χ3n) is 3.02. The summed E-state index contributed by atoms with van der Waals surface area (Å²) < 4.78 is 3.00. The van der Waals surface area contributed by atoms with Crippen LogP contribution in [-0.2, 0) is 0 Å².